The second-order valence-corrected chi connectivity index (χ2v) is 9.87. The van der Waals surface area contributed by atoms with E-state index in [0.29, 0.717) is 17.9 Å². The normalized spacial score (nSPS) is 14.0. The minimum absolute atomic E-state index is 0.00766. The molecule has 0 unspecified atom stereocenters. The van der Waals surface area contributed by atoms with Crippen molar-refractivity contribution in [2.45, 2.75) is 51.4 Å². The number of phenolic OH excluding ortho intramolecular Hbond substituents is 1. The predicted molar refractivity (Wildman–Crippen MR) is 144 cm³/mol. The van der Waals surface area contributed by atoms with Crippen LogP contribution in [0.3, 0.4) is 0 Å². The van der Waals surface area contributed by atoms with E-state index in [0.717, 1.165) is 53.1 Å². The molecule has 0 heterocycles. The molecule has 5 nitrogen and oxygen atoms in total. The number of carboxylic acids is 1. The summed E-state index contributed by atoms with van der Waals surface area (Å²) in [5, 5.41) is 22.8. The lowest BCUT2D eigenvalue weighted by molar-refractivity contribution is 0.0680. The van der Waals surface area contributed by atoms with Gasteiger partial charge in [0.1, 0.15) is 22.6 Å². The second kappa shape index (κ2) is 10.5. The van der Waals surface area contributed by atoms with Crippen LogP contribution in [0, 0.1) is 6.92 Å². The van der Waals surface area contributed by atoms with Gasteiger partial charge in [0.25, 0.3) is 0 Å². The van der Waals surface area contributed by atoms with Crippen molar-refractivity contribution in [3.05, 3.63) is 106 Å². The lowest BCUT2D eigenvalue weighted by atomic mass is 9.81. The van der Waals surface area contributed by atoms with Gasteiger partial charge in [-0.1, -0.05) is 73.9 Å². The van der Waals surface area contributed by atoms with Crippen molar-refractivity contribution >= 4 is 22.7 Å². The molecule has 0 atom stereocenters. The Bertz CT molecular complexity index is 1470. The highest BCUT2D eigenvalue weighted by atomic mass is 16.5. The lowest BCUT2D eigenvalue weighted by Gasteiger charge is -2.24. The molecule has 1 fully saturated rings. The van der Waals surface area contributed by atoms with E-state index in [2.05, 4.69) is 0 Å². The van der Waals surface area contributed by atoms with Crippen LogP contribution in [0.25, 0.3) is 10.8 Å². The standard InChI is InChI=1S/C32H30O5/c1-20-16-29(27(31(34)35)19-25(20)22-12-6-3-7-13-22)37-32(36)28-18-23-14-8-9-15-24(23)26(30(28)33)17-21-10-4-2-5-11-21/h2,4-5,8-11,14-16,18-19,22,33H,3,6-7,12-13,17H2,1H3,(H,34,35). The van der Waals surface area contributed by atoms with E-state index in [1.165, 1.54) is 6.42 Å². The number of aromatic hydroxyl groups is 1. The van der Waals surface area contributed by atoms with Crippen LogP contribution >= 0.6 is 0 Å². The number of carboxylic acid groups (broad SMARTS) is 1. The van der Waals surface area contributed by atoms with Crippen LogP contribution in [-0.4, -0.2) is 22.2 Å². The first-order chi connectivity index (χ1) is 17.9. The highest BCUT2D eigenvalue weighted by molar-refractivity contribution is 6.02. The number of carbonyl (C=O) groups excluding carboxylic acids is 1. The van der Waals surface area contributed by atoms with E-state index in [9.17, 15) is 19.8 Å². The zero-order valence-corrected chi connectivity index (χ0v) is 20.9. The van der Waals surface area contributed by atoms with Gasteiger partial charge in [0.05, 0.1) is 0 Å². The Hall–Kier alpha value is -4.12. The van der Waals surface area contributed by atoms with Crippen LogP contribution in [0.4, 0.5) is 0 Å². The van der Waals surface area contributed by atoms with Gasteiger partial charge >= 0.3 is 11.9 Å². The summed E-state index contributed by atoms with van der Waals surface area (Å²) in [4.78, 5) is 25.5. The molecule has 0 aromatic heterocycles. The Morgan fingerprint density at radius 2 is 1.59 bits per heavy atom. The number of ether oxygens (including phenoxy) is 1. The molecule has 4 aromatic carbocycles. The van der Waals surface area contributed by atoms with Crippen molar-refractivity contribution in [1.82, 2.24) is 0 Å². The van der Waals surface area contributed by atoms with Crippen molar-refractivity contribution in [2.75, 3.05) is 0 Å². The first-order valence-corrected chi connectivity index (χ1v) is 12.8. The molecule has 1 aliphatic carbocycles. The summed E-state index contributed by atoms with van der Waals surface area (Å²) in [5.74, 6) is -1.77. The number of rotatable bonds is 6. The molecular weight excluding hydrogens is 464 g/mol. The van der Waals surface area contributed by atoms with E-state index in [1.807, 2.05) is 61.5 Å². The molecule has 0 saturated heterocycles. The lowest BCUT2D eigenvalue weighted by Crippen LogP contribution is -2.14. The van der Waals surface area contributed by atoms with Crippen LogP contribution in [0.2, 0.25) is 0 Å². The van der Waals surface area contributed by atoms with Gasteiger partial charge in [-0.05, 0) is 71.3 Å². The minimum atomic E-state index is -1.15. The maximum absolute atomic E-state index is 13.4. The maximum atomic E-state index is 13.4. The van der Waals surface area contributed by atoms with Crippen molar-refractivity contribution in [1.29, 1.82) is 0 Å². The van der Waals surface area contributed by atoms with Gasteiger partial charge in [-0.25, -0.2) is 9.59 Å². The average molecular weight is 495 g/mol. The minimum Gasteiger partial charge on any atom is -0.507 e. The largest absolute Gasteiger partial charge is 0.507 e. The summed E-state index contributed by atoms with van der Waals surface area (Å²) >= 11 is 0. The summed E-state index contributed by atoms with van der Waals surface area (Å²) < 4.78 is 5.67. The average Bonchev–Trinajstić information content (AvgIpc) is 2.91. The fourth-order valence-electron chi connectivity index (χ4n) is 5.50. The Labute approximate surface area is 216 Å². The van der Waals surface area contributed by atoms with Gasteiger partial charge in [-0.3, -0.25) is 0 Å². The summed E-state index contributed by atoms with van der Waals surface area (Å²) in [5.41, 5.74) is 3.51. The van der Waals surface area contributed by atoms with Crippen molar-refractivity contribution < 1.29 is 24.5 Å². The van der Waals surface area contributed by atoms with Gasteiger partial charge in [0.2, 0.25) is 0 Å². The van der Waals surface area contributed by atoms with E-state index >= 15 is 0 Å². The number of aromatic carboxylic acids is 1. The number of aryl methyl sites for hydroxylation is 1. The Morgan fingerprint density at radius 1 is 0.892 bits per heavy atom. The smallest absolute Gasteiger partial charge is 0.347 e. The van der Waals surface area contributed by atoms with Gasteiger partial charge in [0.15, 0.2) is 0 Å². The van der Waals surface area contributed by atoms with Gasteiger partial charge in [-0.15, -0.1) is 0 Å². The molecule has 0 aliphatic heterocycles. The summed E-state index contributed by atoms with van der Waals surface area (Å²) in [6.07, 6.45) is 5.98. The third kappa shape index (κ3) is 5.08. The number of benzene rings is 4. The molecule has 1 aliphatic rings. The Kier molecular flexibility index (Phi) is 6.95. The molecule has 2 N–H and O–H groups in total. The molecule has 188 valence electrons. The zero-order valence-electron chi connectivity index (χ0n) is 20.9. The summed E-state index contributed by atoms with van der Waals surface area (Å²) in [6.45, 7) is 1.93. The monoisotopic (exact) mass is 494 g/mol. The van der Waals surface area contributed by atoms with Gasteiger partial charge in [0, 0.05) is 12.0 Å². The van der Waals surface area contributed by atoms with Crippen LogP contribution in [0.5, 0.6) is 11.5 Å². The highest BCUT2D eigenvalue weighted by Crippen LogP contribution is 2.38. The van der Waals surface area contributed by atoms with E-state index in [-0.39, 0.29) is 22.6 Å². The van der Waals surface area contributed by atoms with E-state index in [1.54, 1.807) is 18.2 Å². The molecule has 1 saturated carbocycles. The van der Waals surface area contributed by atoms with Crippen molar-refractivity contribution in [3.63, 3.8) is 0 Å². The maximum Gasteiger partial charge on any atom is 0.347 e. The number of hydrogen-bond donors (Lipinski definition) is 2. The highest BCUT2D eigenvalue weighted by Gasteiger charge is 2.25. The molecule has 0 amide bonds. The molecule has 0 radical (unpaired) electrons. The second-order valence-electron chi connectivity index (χ2n) is 9.87. The summed E-state index contributed by atoms with van der Waals surface area (Å²) in [7, 11) is 0. The molecule has 0 bridgehead atoms. The number of esters is 1. The SMILES string of the molecule is Cc1cc(OC(=O)c2cc3ccccc3c(Cc3ccccc3)c2O)c(C(=O)O)cc1C1CCCCC1. The number of hydrogen-bond acceptors (Lipinski definition) is 4. The fraction of sp³-hybridized carbons (Fsp3) is 0.250. The Balaban J connectivity index is 1.53. The molecule has 5 rings (SSSR count). The molecule has 4 aromatic rings. The van der Waals surface area contributed by atoms with Crippen molar-refractivity contribution in [3.8, 4) is 11.5 Å². The zero-order chi connectivity index (χ0) is 25.9. The third-order valence-electron chi connectivity index (χ3n) is 7.42. The number of phenols is 1. The molecule has 37 heavy (non-hydrogen) atoms. The third-order valence-corrected chi connectivity index (χ3v) is 7.42. The van der Waals surface area contributed by atoms with E-state index < -0.39 is 11.9 Å². The topological polar surface area (TPSA) is 83.8 Å². The van der Waals surface area contributed by atoms with Gasteiger partial charge < -0.3 is 14.9 Å². The predicted octanol–water partition coefficient (Wildman–Crippen LogP) is 7.41. The number of fused-ring (bicyclic) bond motifs is 1. The summed E-state index contributed by atoms with van der Waals surface area (Å²) in [6, 6.07) is 22.2. The molecule has 0 spiro atoms. The van der Waals surface area contributed by atoms with Crippen LogP contribution < -0.4 is 4.74 Å². The Morgan fingerprint density at radius 3 is 2.32 bits per heavy atom. The van der Waals surface area contributed by atoms with Crippen LogP contribution in [0.15, 0.2) is 72.8 Å². The molecule has 5 heteroatoms. The molecular formula is C32H30O5. The van der Waals surface area contributed by atoms with Crippen molar-refractivity contribution in [2.24, 2.45) is 0 Å². The fourth-order valence-corrected chi connectivity index (χ4v) is 5.50. The van der Waals surface area contributed by atoms with Gasteiger partial charge in [-0.2, -0.15) is 0 Å². The van der Waals surface area contributed by atoms with Crippen LogP contribution in [0.1, 0.15) is 81.0 Å². The number of carbonyl (C=O) groups is 2. The van der Waals surface area contributed by atoms with E-state index in [4.69, 9.17) is 4.74 Å². The van der Waals surface area contributed by atoms with Crippen LogP contribution in [-0.2, 0) is 6.42 Å². The quantitative estimate of drug-likeness (QED) is 0.215. The first-order valence-electron chi connectivity index (χ1n) is 12.8. The first kappa shape index (κ1) is 24.6.